The highest BCUT2D eigenvalue weighted by molar-refractivity contribution is 7.10. The predicted octanol–water partition coefficient (Wildman–Crippen LogP) is 3.54. The Morgan fingerprint density at radius 3 is 2.83 bits per heavy atom. The van der Waals surface area contributed by atoms with Crippen LogP contribution in [0.2, 0.25) is 0 Å². The fourth-order valence-corrected chi connectivity index (χ4v) is 3.41. The molecule has 1 amide bonds. The first-order chi connectivity index (χ1) is 8.83. The highest BCUT2D eigenvalue weighted by Crippen LogP contribution is 2.29. The van der Waals surface area contributed by atoms with Crippen molar-refractivity contribution < 1.29 is 4.79 Å². The number of nitrogens with zero attached hydrogens (tertiary/aromatic N) is 1. The van der Waals surface area contributed by atoms with Gasteiger partial charge in [0.25, 0.3) is 0 Å². The van der Waals surface area contributed by atoms with Gasteiger partial charge in [0.1, 0.15) is 0 Å². The van der Waals surface area contributed by atoms with Crippen molar-refractivity contribution in [2.24, 2.45) is 0 Å². The number of hydrogen-bond acceptors (Lipinski definition) is 3. The van der Waals surface area contributed by atoms with Gasteiger partial charge in [-0.3, -0.25) is 4.79 Å². The second-order valence-corrected chi connectivity index (χ2v) is 6.45. The van der Waals surface area contributed by atoms with E-state index in [1.54, 1.807) is 22.7 Å². The third-order valence-electron chi connectivity index (χ3n) is 3.15. The summed E-state index contributed by atoms with van der Waals surface area (Å²) >= 11 is 3.36. The van der Waals surface area contributed by atoms with Crippen molar-refractivity contribution in [3.8, 4) is 0 Å². The normalized spacial score (nSPS) is 14.7. The Labute approximate surface area is 115 Å². The minimum Gasteiger partial charge on any atom is -0.335 e. The smallest absolute Gasteiger partial charge is 0.228 e. The minimum absolute atomic E-state index is 0.270. The Morgan fingerprint density at radius 1 is 1.33 bits per heavy atom. The Hall–Kier alpha value is -1.13. The van der Waals surface area contributed by atoms with E-state index in [1.165, 1.54) is 18.4 Å². The first kappa shape index (κ1) is 11.9. The summed E-state index contributed by atoms with van der Waals surface area (Å²) in [5, 5.41) is 6.24. The highest BCUT2D eigenvalue weighted by Gasteiger charge is 2.32. The molecule has 0 unspecified atom stereocenters. The molecule has 2 heterocycles. The third-order valence-corrected chi connectivity index (χ3v) is 4.76. The van der Waals surface area contributed by atoms with Gasteiger partial charge < -0.3 is 4.90 Å². The molecule has 94 valence electrons. The van der Waals surface area contributed by atoms with Gasteiger partial charge in [-0.25, -0.2) is 0 Å². The zero-order valence-corrected chi connectivity index (χ0v) is 11.7. The number of carbonyl (C=O) groups excluding carboxylic acids is 1. The van der Waals surface area contributed by atoms with Gasteiger partial charge in [-0.2, -0.15) is 11.3 Å². The van der Waals surface area contributed by atoms with Crippen molar-refractivity contribution in [1.82, 2.24) is 4.90 Å². The average Bonchev–Trinajstić information content (AvgIpc) is 2.87. The molecule has 0 aromatic carbocycles. The molecule has 2 aromatic heterocycles. The monoisotopic (exact) mass is 277 g/mol. The van der Waals surface area contributed by atoms with Crippen LogP contribution in [0.25, 0.3) is 0 Å². The van der Waals surface area contributed by atoms with Gasteiger partial charge in [0.15, 0.2) is 0 Å². The van der Waals surface area contributed by atoms with E-state index in [-0.39, 0.29) is 5.91 Å². The molecular weight excluding hydrogens is 262 g/mol. The number of thiophene rings is 2. The van der Waals surface area contributed by atoms with E-state index in [0.29, 0.717) is 12.5 Å². The van der Waals surface area contributed by atoms with Gasteiger partial charge in [0.05, 0.1) is 6.42 Å². The summed E-state index contributed by atoms with van der Waals surface area (Å²) in [5.74, 6) is 0.270. The zero-order valence-electron chi connectivity index (χ0n) is 10.0. The van der Waals surface area contributed by atoms with Crippen molar-refractivity contribution in [2.75, 3.05) is 0 Å². The quantitative estimate of drug-likeness (QED) is 0.818. The van der Waals surface area contributed by atoms with Crippen LogP contribution >= 0.6 is 22.7 Å². The Kier molecular flexibility index (Phi) is 3.48. The molecule has 4 heteroatoms. The Balaban J connectivity index is 1.67. The van der Waals surface area contributed by atoms with Crippen LogP contribution in [0.3, 0.4) is 0 Å². The maximum absolute atomic E-state index is 12.4. The number of hydrogen-bond donors (Lipinski definition) is 0. The molecule has 0 N–H and O–H groups in total. The molecule has 3 rings (SSSR count). The van der Waals surface area contributed by atoms with Gasteiger partial charge >= 0.3 is 0 Å². The van der Waals surface area contributed by atoms with Crippen LogP contribution in [-0.2, 0) is 17.8 Å². The second-order valence-electron chi connectivity index (χ2n) is 4.64. The van der Waals surface area contributed by atoms with Gasteiger partial charge in [-0.15, -0.1) is 11.3 Å². The predicted molar refractivity (Wildman–Crippen MR) is 75.9 cm³/mol. The maximum Gasteiger partial charge on any atom is 0.228 e. The first-order valence-corrected chi connectivity index (χ1v) is 7.98. The lowest BCUT2D eigenvalue weighted by molar-refractivity contribution is -0.131. The zero-order chi connectivity index (χ0) is 12.4. The second kappa shape index (κ2) is 5.24. The molecular formula is C14H15NOS2. The number of rotatable bonds is 5. The Bertz CT molecular complexity index is 500. The lowest BCUT2D eigenvalue weighted by Crippen LogP contribution is -2.33. The fourth-order valence-electron chi connectivity index (χ4n) is 2.05. The lowest BCUT2D eigenvalue weighted by atomic mass is 10.2. The van der Waals surface area contributed by atoms with Crippen molar-refractivity contribution in [2.45, 2.75) is 31.8 Å². The van der Waals surface area contributed by atoms with Gasteiger partial charge in [0, 0.05) is 17.5 Å². The molecule has 2 aromatic rings. The molecule has 1 aliphatic rings. The molecule has 0 radical (unpaired) electrons. The number of amides is 1. The lowest BCUT2D eigenvalue weighted by Gasteiger charge is -2.21. The fraction of sp³-hybridized carbons (Fsp3) is 0.357. The van der Waals surface area contributed by atoms with E-state index >= 15 is 0 Å². The molecule has 1 saturated carbocycles. The summed E-state index contributed by atoms with van der Waals surface area (Å²) in [6, 6.07) is 6.64. The maximum atomic E-state index is 12.4. The largest absolute Gasteiger partial charge is 0.335 e. The van der Waals surface area contributed by atoms with Gasteiger partial charge in [0.2, 0.25) is 5.91 Å². The molecule has 0 spiro atoms. The van der Waals surface area contributed by atoms with Crippen LogP contribution in [-0.4, -0.2) is 16.8 Å². The van der Waals surface area contributed by atoms with Crippen molar-refractivity contribution in [3.05, 3.63) is 44.8 Å². The van der Waals surface area contributed by atoms with Gasteiger partial charge in [-0.05, 0) is 46.7 Å². The molecule has 0 atom stereocenters. The molecule has 0 aliphatic heterocycles. The van der Waals surface area contributed by atoms with E-state index in [9.17, 15) is 4.79 Å². The topological polar surface area (TPSA) is 20.3 Å². The van der Waals surface area contributed by atoms with Crippen LogP contribution in [0.5, 0.6) is 0 Å². The van der Waals surface area contributed by atoms with Crippen LogP contribution in [0.1, 0.15) is 23.3 Å². The SMILES string of the molecule is O=C(Cc1cccs1)N(Cc1ccsc1)C1CC1. The summed E-state index contributed by atoms with van der Waals surface area (Å²) in [5.41, 5.74) is 1.26. The standard InChI is InChI=1S/C14H15NOS2/c16-14(8-13-2-1-6-18-13)15(12-3-4-12)9-11-5-7-17-10-11/h1-2,5-7,10,12H,3-4,8-9H2. The summed E-state index contributed by atoms with van der Waals surface area (Å²) in [6.45, 7) is 0.776. The van der Waals surface area contributed by atoms with E-state index in [1.807, 2.05) is 17.5 Å². The molecule has 2 nitrogen and oxygen atoms in total. The van der Waals surface area contributed by atoms with Crippen LogP contribution in [0.15, 0.2) is 34.3 Å². The van der Waals surface area contributed by atoms with E-state index < -0.39 is 0 Å². The minimum atomic E-state index is 0.270. The average molecular weight is 277 g/mol. The third kappa shape index (κ3) is 2.82. The molecule has 1 fully saturated rings. The summed E-state index contributed by atoms with van der Waals surface area (Å²) < 4.78 is 0. The highest BCUT2D eigenvalue weighted by atomic mass is 32.1. The number of carbonyl (C=O) groups is 1. The van der Waals surface area contributed by atoms with Crippen molar-refractivity contribution in [3.63, 3.8) is 0 Å². The molecule has 1 aliphatic carbocycles. The molecule has 0 saturated heterocycles. The summed E-state index contributed by atoms with van der Waals surface area (Å²) in [4.78, 5) is 15.6. The van der Waals surface area contributed by atoms with Gasteiger partial charge in [-0.1, -0.05) is 6.07 Å². The molecule has 0 bridgehead atoms. The van der Waals surface area contributed by atoms with Crippen LogP contribution < -0.4 is 0 Å². The van der Waals surface area contributed by atoms with Crippen molar-refractivity contribution in [1.29, 1.82) is 0 Å². The Morgan fingerprint density at radius 2 is 2.22 bits per heavy atom. The molecule has 18 heavy (non-hydrogen) atoms. The van der Waals surface area contributed by atoms with E-state index in [4.69, 9.17) is 0 Å². The summed E-state index contributed by atoms with van der Waals surface area (Å²) in [7, 11) is 0. The summed E-state index contributed by atoms with van der Waals surface area (Å²) in [6.07, 6.45) is 2.89. The van der Waals surface area contributed by atoms with E-state index in [2.05, 4.69) is 21.7 Å². The van der Waals surface area contributed by atoms with Crippen molar-refractivity contribution >= 4 is 28.6 Å². The van der Waals surface area contributed by atoms with Crippen LogP contribution in [0.4, 0.5) is 0 Å². The van der Waals surface area contributed by atoms with Crippen LogP contribution in [0, 0.1) is 0 Å². The van der Waals surface area contributed by atoms with E-state index in [0.717, 1.165) is 11.4 Å². The first-order valence-electron chi connectivity index (χ1n) is 6.16.